The summed E-state index contributed by atoms with van der Waals surface area (Å²) in [6.45, 7) is 0.0164. The van der Waals surface area contributed by atoms with Gasteiger partial charge in [0.1, 0.15) is 17.1 Å². The van der Waals surface area contributed by atoms with Gasteiger partial charge in [0.15, 0.2) is 0 Å². The van der Waals surface area contributed by atoms with Crippen molar-refractivity contribution in [2.75, 3.05) is 7.11 Å². The van der Waals surface area contributed by atoms with Crippen molar-refractivity contribution in [1.82, 2.24) is 19.6 Å². The van der Waals surface area contributed by atoms with Gasteiger partial charge >= 0.3 is 0 Å². The van der Waals surface area contributed by atoms with Gasteiger partial charge in [0.05, 0.1) is 30.5 Å². The molecule has 2 aromatic heterocycles. The Balaban J connectivity index is 1.85. The lowest BCUT2D eigenvalue weighted by Crippen LogP contribution is -2.42. The third-order valence-corrected chi connectivity index (χ3v) is 5.99. The minimum absolute atomic E-state index is 0.0164. The zero-order valence-corrected chi connectivity index (χ0v) is 19.6. The van der Waals surface area contributed by atoms with Crippen LogP contribution in [-0.2, 0) is 6.54 Å². The number of ether oxygens (including phenoxy) is 1. The molecule has 0 unspecified atom stereocenters. The number of benzene rings is 3. The summed E-state index contributed by atoms with van der Waals surface area (Å²) in [6, 6.07) is 26.6. The predicted octanol–water partition coefficient (Wildman–Crippen LogP) is 3.60. The largest absolute Gasteiger partial charge is 0.497 e. The zero-order valence-electron chi connectivity index (χ0n) is 19.6. The van der Waals surface area contributed by atoms with E-state index in [-0.39, 0.29) is 18.1 Å². The SMILES string of the molecule is COc1ccc(-c2c(CN(N)C(=N)N)[nH]c3c(-c4ccccc4)c(-c4ccccc4)nn3c2=O)cc1. The Morgan fingerprint density at radius 2 is 1.53 bits per heavy atom. The Morgan fingerprint density at radius 3 is 2.11 bits per heavy atom. The molecule has 180 valence electrons. The first-order valence-electron chi connectivity index (χ1n) is 11.3. The van der Waals surface area contributed by atoms with Crippen molar-refractivity contribution in [2.45, 2.75) is 6.54 Å². The maximum absolute atomic E-state index is 14.0. The fourth-order valence-electron chi connectivity index (χ4n) is 4.23. The third kappa shape index (κ3) is 4.08. The highest BCUT2D eigenvalue weighted by Crippen LogP contribution is 2.35. The van der Waals surface area contributed by atoms with E-state index in [0.29, 0.717) is 33.9 Å². The Labute approximate surface area is 207 Å². The highest BCUT2D eigenvalue weighted by molar-refractivity contribution is 5.91. The summed E-state index contributed by atoms with van der Waals surface area (Å²) in [6.07, 6.45) is 0. The average molecular weight is 480 g/mol. The Morgan fingerprint density at radius 1 is 0.944 bits per heavy atom. The number of nitrogens with two attached hydrogens (primary N) is 2. The molecule has 9 nitrogen and oxygen atoms in total. The number of fused-ring (bicyclic) bond motifs is 1. The van der Waals surface area contributed by atoms with E-state index in [1.165, 1.54) is 4.52 Å². The lowest BCUT2D eigenvalue weighted by molar-refractivity contribution is 0.415. The molecular formula is C27H25N7O2. The van der Waals surface area contributed by atoms with Crippen molar-refractivity contribution in [1.29, 1.82) is 5.41 Å². The fraction of sp³-hybridized carbons (Fsp3) is 0.0741. The zero-order chi connectivity index (χ0) is 25.2. The second-order valence-corrected chi connectivity index (χ2v) is 8.24. The van der Waals surface area contributed by atoms with Crippen LogP contribution in [0, 0.1) is 5.41 Å². The molecule has 5 rings (SSSR count). The number of aromatic nitrogens is 3. The number of hydrazine groups is 1. The Kier molecular flexibility index (Phi) is 5.97. The molecule has 2 heterocycles. The van der Waals surface area contributed by atoms with Gasteiger partial charge < -0.3 is 15.5 Å². The summed E-state index contributed by atoms with van der Waals surface area (Å²) >= 11 is 0. The highest BCUT2D eigenvalue weighted by atomic mass is 16.5. The minimum atomic E-state index is -0.321. The minimum Gasteiger partial charge on any atom is -0.497 e. The molecule has 0 bridgehead atoms. The van der Waals surface area contributed by atoms with Crippen LogP contribution in [0.4, 0.5) is 0 Å². The normalized spacial score (nSPS) is 10.9. The van der Waals surface area contributed by atoms with Crippen LogP contribution in [0.2, 0.25) is 0 Å². The summed E-state index contributed by atoms with van der Waals surface area (Å²) in [4.78, 5) is 17.4. The average Bonchev–Trinajstić information content (AvgIpc) is 3.30. The summed E-state index contributed by atoms with van der Waals surface area (Å²) in [5, 5.41) is 13.6. The Hall–Kier alpha value is -4.89. The molecular weight excluding hydrogens is 454 g/mol. The summed E-state index contributed by atoms with van der Waals surface area (Å²) in [5.41, 5.74) is 10.6. The van der Waals surface area contributed by atoms with Gasteiger partial charge in [-0.1, -0.05) is 72.8 Å². The number of hydrogen-bond donors (Lipinski definition) is 4. The maximum Gasteiger partial charge on any atom is 0.282 e. The molecule has 0 spiro atoms. The Bertz CT molecular complexity index is 1590. The molecule has 0 radical (unpaired) electrons. The number of nitrogens with zero attached hydrogens (tertiary/aromatic N) is 3. The first kappa shape index (κ1) is 22.9. The van der Waals surface area contributed by atoms with Gasteiger partial charge in [-0.3, -0.25) is 15.2 Å². The van der Waals surface area contributed by atoms with E-state index in [1.807, 2.05) is 60.7 Å². The van der Waals surface area contributed by atoms with E-state index >= 15 is 0 Å². The molecule has 0 amide bonds. The first-order chi connectivity index (χ1) is 17.5. The first-order valence-corrected chi connectivity index (χ1v) is 11.3. The molecule has 0 fully saturated rings. The molecule has 3 aromatic carbocycles. The molecule has 0 saturated carbocycles. The van der Waals surface area contributed by atoms with Crippen molar-refractivity contribution in [3.8, 4) is 39.3 Å². The van der Waals surface area contributed by atoms with Crippen molar-refractivity contribution >= 4 is 11.6 Å². The van der Waals surface area contributed by atoms with E-state index in [0.717, 1.165) is 21.7 Å². The standard InChI is InChI=1S/C27H25N7O2/c1-36-20-14-12-18(13-15-20)22-21(16-33(30)27(28)29)31-25-23(17-8-4-2-5-9-17)24(32-34(25)26(22)35)19-10-6-3-7-11-19/h2-15,31H,16,30H2,1H3,(H3,28,29). The van der Waals surface area contributed by atoms with Gasteiger partial charge in [-0.05, 0) is 23.3 Å². The molecule has 5 aromatic rings. The van der Waals surface area contributed by atoms with Gasteiger partial charge in [0.25, 0.3) is 5.56 Å². The number of rotatable bonds is 6. The van der Waals surface area contributed by atoms with E-state index in [1.54, 1.807) is 31.4 Å². The highest BCUT2D eigenvalue weighted by Gasteiger charge is 2.23. The van der Waals surface area contributed by atoms with Crippen LogP contribution in [0.5, 0.6) is 5.75 Å². The van der Waals surface area contributed by atoms with Gasteiger partial charge in [-0.25, -0.2) is 5.84 Å². The monoisotopic (exact) mass is 479 g/mol. The predicted molar refractivity (Wildman–Crippen MR) is 140 cm³/mol. The van der Waals surface area contributed by atoms with Crippen LogP contribution in [0.25, 0.3) is 39.2 Å². The molecule has 36 heavy (non-hydrogen) atoms. The summed E-state index contributed by atoms with van der Waals surface area (Å²) in [7, 11) is 1.58. The molecule has 0 aliphatic rings. The van der Waals surface area contributed by atoms with E-state index in [4.69, 9.17) is 26.8 Å². The number of aromatic amines is 1. The van der Waals surface area contributed by atoms with Gasteiger partial charge in [0.2, 0.25) is 5.96 Å². The molecule has 0 atom stereocenters. The van der Waals surface area contributed by atoms with Crippen molar-refractivity contribution < 1.29 is 4.74 Å². The number of hydrogen-bond acceptors (Lipinski definition) is 5. The van der Waals surface area contributed by atoms with Gasteiger partial charge in [-0.15, -0.1) is 0 Å². The molecule has 0 saturated heterocycles. The number of guanidine groups is 1. The van der Waals surface area contributed by atoms with E-state index < -0.39 is 0 Å². The quantitative estimate of drug-likeness (QED) is 0.127. The molecule has 0 aliphatic carbocycles. The van der Waals surface area contributed by atoms with Crippen molar-refractivity contribution in [2.24, 2.45) is 11.6 Å². The molecule has 6 N–H and O–H groups in total. The second-order valence-electron chi connectivity index (χ2n) is 8.24. The summed E-state index contributed by atoms with van der Waals surface area (Å²) in [5.74, 6) is 6.34. The van der Waals surface area contributed by atoms with Crippen LogP contribution in [0.15, 0.2) is 89.7 Å². The third-order valence-electron chi connectivity index (χ3n) is 5.99. The maximum atomic E-state index is 14.0. The summed E-state index contributed by atoms with van der Waals surface area (Å²) < 4.78 is 6.66. The van der Waals surface area contributed by atoms with Crippen molar-refractivity contribution in [3.05, 3.63) is 101 Å². The number of methoxy groups -OCH3 is 1. The smallest absolute Gasteiger partial charge is 0.282 e. The van der Waals surface area contributed by atoms with Crippen LogP contribution in [0.1, 0.15) is 5.69 Å². The second kappa shape index (κ2) is 9.40. The van der Waals surface area contributed by atoms with Gasteiger partial charge in [-0.2, -0.15) is 9.61 Å². The van der Waals surface area contributed by atoms with Gasteiger partial charge in [0, 0.05) is 5.56 Å². The van der Waals surface area contributed by atoms with Crippen molar-refractivity contribution in [3.63, 3.8) is 0 Å². The number of nitrogens with one attached hydrogen (secondary N) is 2. The topological polar surface area (TPSA) is 139 Å². The lowest BCUT2D eigenvalue weighted by Gasteiger charge is -2.18. The molecule has 0 aliphatic heterocycles. The van der Waals surface area contributed by atoms with Crippen LogP contribution in [0.3, 0.4) is 0 Å². The van der Waals surface area contributed by atoms with E-state index in [2.05, 4.69) is 4.98 Å². The van der Waals surface area contributed by atoms with Crippen LogP contribution in [-0.4, -0.2) is 32.7 Å². The van der Waals surface area contributed by atoms with E-state index in [9.17, 15) is 4.79 Å². The number of H-pyrrole nitrogens is 1. The molecule has 9 heteroatoms. The lowest BCUT2D eigenvalue weighted by atomic mass is 10.0. The fourth-order valence-corrected chi connectivity index (χ4v) is 4.23. The van der Waals surface area contributed by atoms with Crippen LogP contribution >= 0.6 is 0 Å². The van der Waals surface area contributed by atoms with Crippen LogP contribution < -0.4 is 21.9 Å².